The van der Waals surface area contributed by atoms with Gasteiger partial charge in [-0.25, -0.2) is 4.39 Å². The summed E-state index contributed by atoms with van der Waals surface area (Å²) in [6.45, 7) is 3.03. The predicted octanol–water partition coefficient (Wildman–Crippen LogP) is 9.70. The molecule has 0 spiro atoms. The van der Waals surface area contributed by atoms with Crippen LogP contribution in [0.15, 0.2) is 123 Å². The summed E-state index contributed by atoms with van der Waals surface area (Å²) in [5, 5.41) is 33.4. The van der Waals surface area contributed by atoms with Crippen LogP contribution in [-0.2, 0) is 22.7 Å². The first kappa shape index (κ1) is 37.8. The number of benzene rings is 3. The van der Waals surface area contributed by atoms with Crippen LogP contribution >= 0.6 is 46.2 Å². The highest BCUT2D eigenvalue weighted by Crippen LogP contribution is 2.52. The van der Waals surface area contributed by atoms with Crippen LogP contribution in [-0.4, -0.2) is 51.8 Å². The number of para-hydroxylation sites is 2. The van der Waals surface area contributed by atoms with Crippen molar-refractivity contribution in [3.8, 4) is 22.8 Å². The molecular formula is C41H37FN8O2S4. The first-order valence-electron chi connectivity index (χ1n) is 18.1. The Bertz CT molecular complexity index is 2420. The summed E-state index contributed by atoms with van der Waals surface area (Å²) >= 11 is 5.87. The van der Waals surface area contributed by atoms with Gasteiger partial charge in [-0.3, -0.25) is 14.2 Å². The van der Waals surface area contributed by atoms with E-state index < -0.39 is 4.75 Å². The molecule has 0 aliphatic heterocycles. The molecule has 56 heavy (non-hydrogen) atoms. The molecule has 4 heterocycles. The molecule has 2 unspecified atom stereocenters. The zero-order chi connectivity index (χ0) is 38.5. The van der Waals surface area contributed by atoms with E-state index in [1.54, 1.807) is 28.7 Å². The maximum Gasteiger partial charge on any atom is 0.241 e. The molecule has 2 atom stereocenters. The van der Waals surface area contributed by atoms with Gasteiger partial charge in [-0.2, -0.15) is 22.7 Å². The van der Waals surface area contributed by atoms with Crippen LogP contribution in [0.4, 0.5) is 15.8 Å². The van der Waals surface area contributed by atoms with Gasteiger partial charge < -0.3 is 15.2 Å². The zero-order valence-electron chi connectivity index (χ0n) is 30.3. The monoisotopic (exact) mass is 820 g/mol. The second kappa shape index (κ2) is 17.0. The second-order valence-corrected chi connectivity index (χ2v) is 17.2. The Balaban J connectivity index is 1.07. The third kappa shape index (κ3) is 8.21. The Morgan fingerprint density at radius 2 is 1.46 bits per heavy atom. The Hall–Kier alpha value is -5.09. The molecule has 8 rings (SSSR count). The number of aromatic nitrogens is 6. The molecule has 2 amide bonds. The SMILES string of the molecule is CCn1c(SC2(C(=O)Nc3ccccc3)CCC(c3cc(Cn4c(SCC(=O)Nc5ccccc5)nnc4-c4ccsc4)ccc3F)C2)nnc1-c1ccsc1. The summed E-state index contributed by atoms with van der Waals surface area (Å²) in [5.41, 5.74) is 4.74. The number of hydrogen-bond donors (Lipinski definition) is 2. The number of hydrogen-bond acceptors (Lipinski definition) is 10. The van der Waals surface area contributed by atoms with Crippen molar-refractivity contribution < 1.29 is 14.0 Å². The van der Waals surface area contributed by atoms with Crippen LogP contribution in [0.3, 0.4) is 0 Å². The lowest BCUT2D eigenvalue weighted by molar-refractivity contribution is -0.118. The van der Waals surface area contributed by atoms with E-state index in [1.165, 1.54) is 29.6 Å². The van der Waals surface area contributed by atoms with Gasteiger partial charge in [-0.05, 0) is 96.5 Å². The van der Waals surface area contributed by atoms with Gasteiger partial charge >= 0.3 is 0 Å². The molecule has 284 valence electrons. The molecule has 0 bridgehead atoms. The number of thioether (sulfide) groups is 2. The number of rotatable bonds is 14. The van der Waals surface area contributed by atoms with Crippen molar-refractivity contribution in [2.75, 3.05) is 16.4 Å². The van der Waals surface area contributed by atoms with E-state index in [-0.39, 0.29) is 29.3 Å². The van der Waals surface area contributed by atoms with E-state index in [0.717, 1.165) is 28.2 Å². The van der Waals surface area contributed by atoms with E-state index in [2.05, 4.69) is 31.0 Å². The average Bonchev–Trinajstić information content (AvgIpc) is 4.07. The topological polar surface area (TPSA) is 120 Å². The summed E-state index contributed by atoms with van der Waals surface area (Å²) in [4.78, 5) is 27.2. The normalized spacial score (nSPS) is 16.6. The summed E-state index contributed by atoms with van der Waals surface area (Å²) in [6, 6.07) is 27.9. The number of carbonyl (C=O) groups excluding carboxylic acids is 2. The lowest BCUT2D eigenvalue weighted by Gasteiger charge is -2.27. The third-order valence-corrected chi connectivity index (χ3v) is 13.5. The highest BCUT2D eigenvalue weighted by Gasteiger charge is 2.48. The highest BCUT2D eigenvalue weighted by atomic mass is 32.2. The molecule has 7 aromatic rings. The van der Waals surface area contributed by atoms with E-state index in [0.29, 0.717) is 59.7 Å². The number of thiophene rings is 2. The number of anilines is 2. The lowest BCUT2D eigenvalue weighted by atomic mass is 9.93. The van der Waals surface area contributed by atoms with Gasteiger partial charge in [0.25, 0.3) is 0 Å². The molecule has 1 fully saturated rings. The molecule has 4 aromatic heterocycles. The second-order valence-electron chi connectivity index (χ2n) is 13.4. The van der Waals surface area contributed by atoms with Crippen LogP contribution in [0.25, 0.3) is 22.8 Å². The van der Waals surface area contributed by atoms with Crippen molar-refractivity contribution in [1.29, 1.82) is 0 Å². The van der Waals surface area contributed by atoms with E-state index in [1.807, 2.05) is 116 Å². The number of carbonyl (C=O) groups is 2. The molecule has 10 nitrogen and oxygen atoms in total. The predicted molar refractivity (Wildman–Crippen MR) is 224 cm³/mol. The van der Waals surface area contributed by atoms with Crippen LogP contribution in [0.5, 0.6) is 0 Å². The molecule has 0 saturated heterocycles. The minimum Gasteiger partial charge on any atom is -0.325 e. The number of nitrogens with one attached hydrogen (secondary N) is 2. The van der Waals surface area contributed by atoms with Crippen LogP contribution in [0.1, 0.15) is 43.2 Å². The van der Waals surface area contributed by atoms with Crippen molar-refractivity contribution in [3.63, 3.8) is 0 Å². The summed E-state index contributed by atoms with van der Waals surface area (Å²) in [6.07, 6.45) is 1.54. The smallest absolute Gasteiger partial charge is 0.241 e. The van der Waals surface area contributed by atoms with Crippen LogP contribution in [0, 0.1) is 5.82 Å². The molecule has 1 aliphatic carbocycles. The maximum absolute atomic E-state index is 16.0. The molecule has 0 radical (unpaired) electrons. The molecular weight excluding hydrogens is 784 g/mol. The van der Waals surface area contributed by atoms with Gasteiger partial charge in [0.05, 0.1) is 12.3 Å². The third-order valence-electron chi connectivity index (χ3n) is 9.74. The zero-order valence-corrected chi connectivity index (χ0v) is 33.6. The van der Waals surface area contributed by atoms with Crippen molar-refractivity contribution in [2.45, 2.75) is 60.3 Å². The number of halogens is 1. The van der Waals surface area contributed by atoms with Crippen molar-refractivity contribution in [1.82, 2.24) is 29.5 Å². The van der Waals surface area contributed by atoms with E-state index in [4.69, 9.17) is 0 Å². The Labute approximate surface area is 340 Å². The Kier molecular flexibility index (Phi) is 11.5. The molecule has 3 aromatic carbocycles. The molecule has 15 heteroatoms. The van der Waals surface area contributed by atoms with Gasteiger partial charge in [0.1, 0.15) is 10.6 Å². The quantitative estimate of drug-likeness (QED) is 0.104. The highest BCUT2D eigenvalue weighted by molar-refractivity contribution is 8.01. The van der Waals surface area contributed by atoms with Crippen LogP contribution in [0.2, 0.25) is 0 Å². The van der Waals surface area contributed by atoms with Crippen molar-refractivity contribution in [3.05, 3.63) is 129 Å². The minimum absolute atomic E-state index is 0.138. The molecule has 1 saturated carbocycles. The number of nitrogens with zero attached hydrogens (tertiary/aromatic N) is 6. The van der Waals surface area contributed by atoms with Crippen LogP contribution < -0.4 is 10.6 Å². The van der Waals surface area contributed by atoms with Gasteiger partial charge in [0.15, 0.2) is 22.0 Å². The Morgan fingerprint density at radius 3 is 2.11 bits per heavy atom. The van der Waals surface area contributed by atoms with Gasteiger partial charge in [-0.1, -0.05) is 72.1 Å². The lowest BCUT2D eigenvalue weighted by Crippen LogP contribution is -2.38. The fourth-order valence-electron chi connectivity index (χ4n) is 6.99. The van der Waals surface area contributed by atoms with Gasteiger partial charge in [-0.15, -0.1) is 20.4 Å². The largest absolute Gasteiger partial charge is 0.325 e. The molecule has 1 aliphatic rings. The standard InChI is InChI=1S/C41H37FN8O2S4/c1-2-49-36(29-16-19-53-24-29)45-48-40(49)56-41(38(52)44-32-11-7-4-8-12-32)18-15-28(22-41)33-21-27(13-14-34(33)42)23-50-37(30-17-20-54-25-30)46-47-39(50)55-26-35(51)43-31-9-5-3-6-10-31/h3-14,16-17,19-21,24-25,28H,2,15,18,22-23,26H2,1H3,(H,43,51)(H,44,52). The first-order valence-corrected chi connectivity index (χ1v) is 21.8. The Morgan fingerprint density at radius 1 is 0.821 bits per heavy atom. The fourth-order valence-corrected chi connectivity index (χ4v) is 10.4. The summed E-state index contributed by atoms with van der Waals surface area (Å²) in [5.74, 6) is 0.722. The van der Waals surface area contributed by atoms with Gasteiger partial charge in [0.2, 0.25) is 11.8 Å². The average molecular weight is 821 g/mol. The summed E-state index contributed by atoms with van der Waals surface area (Å²) < 4.78 is 19.1. The van der Waals surface area contributed by atoms with E-state index >= 15 is 4.39 Å². The minimum atomic E-state index is -0.931. The number of amides is 2. The first-order chi connectivity index (χ1) is 27.4. The van der Waals surface area contributed by atoms with Crippen molar-refractivity contribution >= 4 is 69.4 Å². The van der Waals surface area contributed by atoms with Crippen molar-refractivity contribution in [2.24, 2.45) is 0 Å². The summed E-state index contributed by atoms with van der Waals surface area (Å²) in [7, 11) is 0. The fraction of sp³-hybridized carbons (Fsp3) is 0.220. The van der Waals surface area contributed by atoms with E-state index in [9.17, 15) is 9.59 Å². The molecule has 2 N–H and O–H groups in total. The maximum atomic E-state index is 16.0. The van der Waals surface area contributed by atoms with Gasteiger partial charge in [0, 0.05) is 39.8 Å².